The first kappa shape index (κ1) is 13.2. The minimum absolute atomic E-state index is 0.527. The minimum Gasteiger partial charge on any atom is -0.486 e. The van der Waals surface area contributed by atoms with E-state index in [9.17, 15) is 0 Å². The Morgan fingerprint density at radius 3 is 2.15 bits per heavy atom. The van der Waals surface area contributed by atoms with E-state index < -0.39 is 0 Å². The number of hydrogen-bond acceptors (Lipinski definition) is 4. The topological polar surface area (TPSA) is 56.5 Å². The monoisotopic (exact) mass is 310 g/mol. The summed E-state index contributed by atoms with van der Waals surface area (Å²) in [6.07, 6.45) is 0. The fraction of sp³-hybridized carbons (Fsp3) is 0.143. The highest BCUT2D eigenvalue weighted by molar-refractivity contribution is 6.35. The second-order valence-electron chi connectivity index (χ2n) is 4.37. The molecule has 0 atom stereocenters. The third-order valence-corrected chi connectivity index (χ3v) is 3.29. The van der Waals surface area contributed by atoms with Crippen LogP contribution in [-0.2, 0) is 0 Å². The van der Waals surface area contributed by atoms with Crippen molar-refractivity contribution in [3.63, 3.8) is 0 Å². The molecule has 0 saturated carbocycles. The van der Waals surface area contributed by atoms with Crippen molar-refractivity contribution in [2.45, 2.75) is 0 Å². The van der Waals surface area contributed by atoms with Gasteiger partial charge in [-0.3, -0.25) is 0 Å². The molecule has 3 N–H and O–H groups in total. The van der Waals surface area contributed by atoms with Gasteiger partial charge in [-0.1, -0.05) is 23.2 Å². The van der Waals surface area contributed by atoms with Crippen molar-refractivity contribution in [1.29, 1.82) is 0 Å². The molecular formula is C14H12Cl2N2O2. The smallest absolute Gasteiger partial charge is 0.163 e. The van der Waals surface area contributed by atoms with Gasteiger partial charge in [-0.25, -0.2) is 0 Å². The number of benzene rings is 2. The van der Waals surface area contributed by atoms with Gasteiger partial charge in [0, 0.05) is 27.9 Å². The van der Waals surface area contributed by atoms with Crippen LogP contribution in [0.4, 0.5) is 17.1 Å². The molecule has 1 aliphatic rings. The zero-order valence-electron chi connectivity index (χ0n) is 10.5. The van der Waals surface area contributed by atoms with E-state index in [0.717, 1.165) is 5.69 Å². The van der Waals surface area contributed by atoms with Crippen molar-refractivity contribution < 1.29 is 9.47 Å². The number of halogens is 2. The van der Waals surface area contributed by atoms with Crippen LogP contribution >= 0.6 is 23.2 Å². The fourth-order valence-corrected chi connectivity index (χ4v) is 2.52. The van der Waals surface area contributed by atoms with Crippen molar-refractivity contribution in [2.75, 3.05) is 24.3 Å². The van der Waals surface area contributed by atoms with Crippen molar-refractivity contribution in [3.05, 3.63) is 40.4 Å². The molecule has 20 heavy (non-hydrogen) atoms. The zero-order valence-corrected chi connectivity index (χ0v) is 12.0. The van der Waals surface area contributed by atoms with E-state index in [2.05, 4.69) is 5.32 Å². The van der Waals surface area contributed by atoms with Crippen LogP contribution < -0.4 is 20.5 Å². The number of rotatable bonds is 2. The van der Waals surface area contributed by atoms with E-state index in [1.165, 1.54) is 0 Å². The maximum atomic E-state index is 6.00. The Morgan fingerprint density at radius 2 is 1.50 bits per heavy atom. The molecular weight excluding hydrogens is 299 g/mol. The molecule has 0 aromatic heterocycles. The molecule has 2 aromatic carbocycles. The van der Waals surface area contributed by atoms with Gasteiger partial charge in [-0.15, -0.1) is 0 Å². The van der Waals surface area contributed by atoms with Crippen LogP contribution in [-0.4, -0.2) is 13.2 Å². The van der Waals surface area contributed by atoms with E-state index in [-0.39, 0.29) is 0 Å². The second-order valence-corrected chi connectivity index (χ2v) is 5.24. The van der Waals surface area contributed by atoms with Gasteiger partial charge in [0.15, 0.2) is 11.5 Å². The molecule has 4 nitrogen and oxygen atoms in total. The average Bonchev–Trinajstić information content (AvgIpc) is 2.38. The third kappa shape index (κ3) is 2.71. The van der Waals surface area contributed by atoms with Crippen LogP contribution in [0.2, 0.25) is 10.0 Å². The van der Waals surface area contributed by atoms with Crippen molar-refractivity contribution in [2.24, 2.45) is 0 Å². The Kier molecular flexibility index (Phi) is 3.51. The van der Waals surface area contributed by atoms with Crippen molar-refractivity contribution >= 4 is 40.3 Å². The molecule has 0 fully saturated rings. The van der Waals surface area contributed by atoms with Gasteiger partial charge in [-0.2, -0.15) is 0 Å². The van der Waals surface area contributed by atoms with E-state index >= 15 is 0 Å². The fourth-order valence-electron chi connectivity index (χ4n) is 1.99. The first-order chi connectivity index (χ1) is 9.61. The Labute approximate surface area is 126 Å². The highest BCUT2D eigenvalue weighted by Gasteiger charge is 2.14. The number of anilines is 3. The SMILES string of the molecule is Nc1cc2c(cc1Nc1cc(Cl)cc(Cl)c1)OCCO2. The lowest BCUT2D eigenvalue weighted by Gasteiger charge is -2.20. The summed E-state index contributed by atoms with van der Waals surface area (Å²) >= 11 is 11.9. The van der Waals surface area contributed by atoms with Crippen LogP contribution in [0, 0.1) is 0 Å². The summed E-state index contributed by atoms with van der Waals surface area (Å²) in [5, 5.41) is 4.28. The van der Waals surface area contributed by atoms with Crippen molar-refractivity contribution in [1.82, 2.24) is 0 Å². The normalized spacial score (nSPS) is 13.1. The lowest BCUT2D eigenvalue weighted by molar-refractivity contribution is 0.172. The van der Waals surface area contributed by atoms with Gasteiger partial charge in [-0.05, 0) is 18.2 Å². The van der Waals surface area contributed by atoms with Gasteiger partial charge in [0.25, 0.3) is 0 Å². The number of nitrogens with one attached hydrogen (secondary N) is 1. The molecule has 6 heteroatoms. The van der Waals surface area contributed by atoms with Gasteiger partial charge in [0.2, 0.25) is 0 Å². The predicted octanol–water partition coefficient (Wildman–Crippen LogP) is 4.09. The first-order valence-corrected chi connectivity index (χ1v) is 6.79. The summed E-state index contributed by atoms with van der Waals surface area (Å²) in [5.74, 6) is 1.32. The summed E-state index contributed by atoms with van der Waals surface area (Å²) in [7, 11) is 0. The van der Waals surface area contributed by atoms with Gasteiger partial charge < -0.3 is 20.5 Å². The first-order valence-electron chi connectivity index (χ1n) is 6.04. The van der Waals surface area contributed by atoms with E-state index in [4.69, 9.17) is 38.4 Å². The maximum Gasteiger partial charge on any atom is 0.163 e. The Bertz CT molecular complexity index is 642. The highest BCUT2D eigenvalue weighted by Crippen LogP contribution is 2.38. The molecule has 1 heterocycles. The summed E-state index contributed by atoms with van der Waals surface area (Å²) in [6.45, 7) is 1.06. The largest absolute Gasteiger partial charge is 0.486 e. The summed E-state index contributed by atoms with van der Waals surface area (Å²) in [5.41, 5.74) is 8.04. The van der Waals surface area contributed by atoms with Crippen LogP contribution in [0.1, 0.15) is 0 Å². The van der Waals surface area contributed by atoms with Gasteiger partial charge in [0.05, 0.1) is 11.4 Å². The average molecular weight is 311 g/mol. The molecule has 0 aliphatic carbocycles. The van der Waals surface area contributed by atoms with Crippen molar-refractivity contribution in [3.8, 4) is 11.5 Å². The zero-order chi connectivity index (χ0) is 14.1. The van der Waals surface area contributed by atoms with E-state index in [1.807, 2.05) is 0 Å². The molecule has 2 aromatic rings. The molecule has 0 unspecified atom stereocenters. The molecule has 104 valence electrons. The Balaban J connectivity index is 1.94. The molecule has 0 saturated heterocycles. The van der Waals surface area contributed by atoms with Crippen LogP contribution in [0.15, 0.2) is 30.3 Å². The molecule has 0 spiro atoms. The standard InChI is InChI=1S/C14H12Cl2N2O2/c15-8-3-9(16)5-10(4-8)18-12-7-14-13(6-11(12)17)19-1-2-20-14/h3-7,18H,1-2,17H2. The van der Waals surface area contributed by atoms with Gasteiger partial charge >= 0.3 is 0 Å². The quantitative estimate of drug-likeness (QED) is 0.820. The third-order valence-electron chi connectivity index (χ3n) is 2.86. The summed E-state index contributed by atoms with van der Waals surface area (Å²) in [6, 6.07) is 8.75. The summed E-state index contributed by atoms with van der Waals surface area (Å²) < 4.78 is 11.0. The van der Waals surface area contributed by atoms with E-state index in [0.29, 0.717) is 46.1 Å². The number of nitrogen functional groups attached to an aromatic ring is 1. The number of fused-ring (bicyclic) bond motifs is 1. The molecule has 0 bridgehead atoms. The summed E-state index contributed by atoms with van der Waals surface area (Å²) in [4.78, 5) is 0. The number of nitrogens with two attached hydrogens (primary N) is 1. The maximum absolute atomic E-state index is 6.00. The lowest BCUT2D eigenvalue weighted by Crippen LogP contribution is -2.15. The number of hydrogen-bond donors (Lipinski definition) is 2. The number of ether oxygens (including phenoxy) is 2. The van der Waals surface area contributed by atoms with E-state index in [1.54, 1.807) is 30.3 Å². The highest BCUT2D eigenvalue weighted by atomic mass is 35.5. The predicted molar refractivity (Wildman–Crippen MR) is 81.6 cm³/mol. The molecule has 1 aliphatic heterocycles. The minimum atomic E-state index is 0.527. The van der Waals surface area contributed by atoms with Crippen LogP contribution in [0.5, 0.6) is 11.5 Å². The van der Waals surface area contributed by atoms with Gasteiger partial charge in [0.1, 0.15) is 13.2 Å². The second kappa shape index (κ2) is 5.31. The van der Waals surface area contributed by atoms with Crippen LogP contribution in [0.25, 0.3) is 0 Å². The Morgan fingerprint density at radius 1 is 0.900 bits per heavy atom. The Hall–Kier alpha value is -1.78. The lowest BCUT2D eigenvalue weighted by atomic mass is 10.2. The van der Waals surface area contributed by atoms with Crippen LogP contribution in [0.3, 0.4) is 0 Å². The molecule has 3 rings (SSSR count). The molecule has 0 radical (unpaired) electrons. The molecule has 0 amide bonds.